The third kappa shape index (κ3) is 4.60. The van der Waals surface area contributed by atoms with Gasteiger partial charge in [-0.15, -0.1) is 0 Å². The van der Waals surface area contributed by atoms with E-state index in [0.717, 1.165) is 17.7 Å². The molecule has 0 bridgehead atoms. The summed E-state index contributed by atoms with van der Waals surface area (Å²) in [4.78, 5) is 26.7. The van der Waals surface area contributed by atoms with Crippen molar-refractivity contribution < 1.29 is 22.8 Å². The fourth-order valence-electron chi connectivity index (χ4n) is 3.78. The number of carbonyl (C=O) groups is 2. The van der Waals surface area contributed by atoms with Crippen LogP contribution in [0, 0.1) is 5.92 Å². The lowest BCUT2D eigenvalue weighted by Gasteiger charge is -2.39. The van der Waals surface area contributed by atoms with Crippen molar-refractivity contribution in [1.29, 1.82) is 0 Å². The summed E-state index contributed by atoms with van der Waals surface area (Å²) < 4.78 is 38.6. The number of likely N-dealkylation sites (tertiary alicyclic amines) is 1. The van der Waals surface area contributed by atoms with Gasteiger partial charge in [0, 0.05) is 13.5 Å². The van der Waals surface area contributed by atoms with Crippen LogP contribution in [0.25, 0.3) is 0 Å². The fourth-order valence-corrected chi connectivity index (χ4v) is 3.78. The number of nitrogens with zero attached hydrogens (tertiary/aromatic N) is 1. The lowest BCUT2D eigenvalue weighted by Crippen LogP contribution is -2.46. The molecular weight excluding hydrogens is 381 g/mol. The molecule has 2 amide bonds. The number of carbonyl (C=O) groups excluding carboxylic acids is 2. The highest BCUT2D eigenvalue weighted by molar-refractivity contribution is 5.85. The van der Waals surface area contributed by atoms with Gasteiger partial charge in [0.25, 0.3) is 0 Å². The Bertz CT molecular complexity index is 866. The lowest BCUT2D eigenvalue weighted by atomic mass is 9.83. The minimum atomic E-state index is -4.44. The molecule has 0 spiro atoms. The number of piperidine rings is 1. The predicted molar refractivity (Wildman–Crippen MR) is 103 cm³/mol. The van der Waals surface area contributed by atoms with Gasteiger partial charge >= 0.3 is 6.18 Å². The van der Waals surface area contributed by atoms with Gasteiger partial charge in [0.1, 0.15) is 0 Å². The summed E-state index contributed by atoms with van der Waals surface area (Å²) in [6.45, 7) is 1.87. The Morgan fingerprint density at radius 3 is 2.31 bits per heavy atom. The number of nitrogens with one attached hydrogen (secondary N) is 1. The highest BCUT2D eigenvalue weighted by Gasteiger charge is 2.39. The van der Waals surface area contributed by atoms with Crippen molar-refractivity contribution in [2.45, 2.75) is 38.0 Å². The molecule has 29 heavy (non-hydrogen) atoms. The van der Waals surface area contributed by atoms with Crippen molar-refractivity contribution in [3.05, 3.63) is 71.3 Å². The minimum Gasteiger partial charge on any atom is -0.349 e. The smallest absolute Gasteiger partial charge is 0.349 e. The molecule has 1 aliphatic heterocycles. The number of hydrogen-bond donors (Lipinski definition) is 1. The van der Waals surface area contributed by atoms with E-state index in [1.165, 1.54) is 17.0 Å². The van der Waals surface area contributed by atoms with Gasteiger partial charge in [-0.2, -0.15) is 13.2 Å². The zero-order valence-electron chi connectivity index (χ0n) is 16.2. The molecule has 154 valence electrons. The van der Waals surface area contributed by atoms with Crippen LogP contribution >= 0.6 is 0 Å². The Morgan fingerprint density at radius 2 is 1.72 bits per heavy atom. The van der Waals surface area contributed by atoms with Crippen molar-refractivity contribution in [3.63, 3.8) is 0 Å². The van der Waals surface area contributed by atoms with Crippen molar-refractivity contribution in [2.75, 3.05) is 7.05 Å². The molecule has 1 saturated heterocycles. The summed E-state index contributed by atoms with van der Waals surface area (Å²) in [5.74, 6) is -0.888. The molecule has 3 atom stereocenters. The van der Waals surface area contributed by atoms with Gasteiger partial charge in [-0.25, -0.2) is 0 Å². The van der Waals surface area contributed by atoms with Crippen LogP contribution < -0.4 is 5.32 Å². The largest absolute Gasteiger partial charge is 0.416 e. The summed E-state index contributed by atoms with van der Waals surface area (Å²) in [6.07, 6.45) is -3.86. The van der Waals surface area contributed by atoms with Crippen molar-refractivity contribution in [3.8, 4) is 0 Å². The van der Waals surface area contributed by atoms with Crippen molar-refractivity contribution in [1.82, 2.24) is 10.2 Å². The number of hydrogen-bond acceptors (Lipinski definition) is 2. The van der Waals surface area contributed by atoms with Crippen molar-refractivity contribution in [2.24, 2.45) is 5.92 Å². The summed E-state index contributed by atoms with van der Waals surface area (Å²) >= 11 is 0. The van der Waals surface area contributed by atoms with Gasteiger partial charge in [0.05, 0.1) is 23.6 Å². The van der Waals surface area contributed by atoms with Crippen LogP contribution in [0.4, 0.5) is 13.2 Å². The van der Waals surface area contributed by atoms with E-state index in [1.54, 1.807) is 7.05 Å². The topological polar surface area (TPSA) is 49.4 Å². The molecule has 0 saturated carbocycles. The van der Waals surface area contributed by atoms with Gasteiger partial charge in [-0.1, -0.05) is 42.5 Å². The van der Waals surface area contributed by atoms with E-state index in [4.69, 9.17) is 0 Å². The van der Waals surface area contributed by atoms with Crippen molar-refractivity contribution >= 4 is 11.8 Å². The second-order valence-electron chi connectivity index (χ2n) is 7.36. The van der Waals surface area contributed by atoms with E-state index in [1.807, 2.05) is 37.3 Å². The number of alkyl halides is 3. The SMILES string of the molecule is C[C@@H](NC(=O)C1CCC(=O)N(C)C1c1ccc(C(F)(F)F)cc1)c1ccccc1. The Hall–Kier alpha value is -2.83. The maximum absolute atomic E-state index is 13.0. The Balaban J connectivity index is 1.84. The van der Waals surface area contributed by atoms with Gasteiger partial charge in [0.15, 0.2) is 0 Å². The van der Waals surface area contributed by atoms with Crippen LogP contribution in [0.1, 0.15) is 48.5 Å². The molecule has 1 heterocycles. The van der Waals surface area contributed by atoms with E-state index < -0.39 is 23.7 Å². The molecule has 1 fully saturated rings. The highest BCUT2D eigenvalue weighted by Crippen LogP contribution is 2.38. The van der Waals surface area contributed by atoms with Crippen LogP contribution in [0.15, 0.2) is 54.6 Å². The zero-order valence-corrected chi connectivity index (χ0v) is 16.2. The Morgan fingerprint density at radius 1 is 1.10 bits per heavy atom. The normalized spacial score (nSPS) is 21.0. The van der Waals surface area contributed by atoms with Gasteiger partial charge in [-0.3, -0.25) is 9.59 Å². The number of halogens is 3. The first kappa shape index (κ1) is 20.9. The first-order valence-corrected chi connectivity index (χ1v) is 9.46. The van der Waals surface area contributed by atoms with Gasteiger partial charge in [-0.05, 0) is 36.6 Å². The van der Waals surface area contributed by atoms with E-state index in [2.05, 4.69) is 5.32 Å². The van der Waals surface area contributed by atoms with Gasteiger partial charge < -0.3 is 10.2 Å². The molecule has 0 aliphatic carbocycles. The first-order chi connectivity index (χ1) is 13.7. The second kappa shape index (κ2) is 8.27. The predicted octanol–water partition coefficient (Wildman–Crippen LogP) is 4.49. The molecule has 0 aromatic heterocycles. The summed E-state index contributed by atoms with van der Waals surface area (Å²) in [5, 5.41) is 2.98. The summed E-state index contributed by atoms with van der Waals surface area (Å²) in [5.41, 5.74) is 0.706. The van der Waals surface area contributed by atoms with E-state index in [9.17, 15) is 22.8 Å². The standard InChI is InChI=1S/C22H23F3N2O2/c1-14(15-6-4-3-5-7-15)26-21(29)18-12-13-19(28)27(2)20(18)16-8-10-17(11-9-16)22(23,24)25/h3-11,14,18,20H,12-13H2,1-2H3,(H,26,29)/t14-,18?,20?/m1/s1. The maximum Gasteiger partial charge on any atom is 0.416 e. The van der Waals surface area contributed by atoms with E-state index >= 15 is 0 Å². The molecule has 0 radical (unpaired) electrons. The summed E-state index contributed by atoms with van der Waals surface area (Å²) in [7, 11) is 1.59. The second-order valence-corrected chi connectivity index (χ2v) is 7.36. The average molecular weight is 404 g/mol. The molecule has 3 rings (SSSR count). The van der Waals surface area contributed by atoms with Crippen LogP contribution in [-0.2, 0) is 15.8 Å². The molecule has 7 heteroatoms. The molecule has 1 aliphatic rings. The third-order valence-corrected chi connectivity index (χ3v) is 5.44. The third-order valence-electron chi connectivity index (χ3n) is 5.44. The number of benzene rings is 2. The van der Waals surface area contributed by atoms with Gasteiger partial charge in [0.2, 0.25) is 11.8 Å². The quantitative estimate of drug-likeness (QED) is 0.816. The fraction of sp³-hybridized carbons (Fsp3) is 0.364. The zero-order chi connectivity index (χ0) is 21.2. The molecular formula is C22H23F3N2O2. The average Bonchev–Trinajstić information content (AvgIpc) is 2.70. The van der Waals surface area contributed by atoms with E-state index in [-0.39, 0.29) is 24.3 Å². The molecule has 2 aromatic rings. The van der Waals surface area contributed by atoms with Crippen LogP contribution in [-0.4, -0.2) is 23.8 Å². The lowest BCUT2D eigenvalue weighted by molar-refractivity contribution is -0.142. The monoisotopic (exact) mass is 404 g/mol. The maximum atomic E-state index is 13.0. The molecule has 1 N–H and O–H groups in total. The number of rotatable bonds is 4. The Labute approximate surface area is 167 Å². The van der Waals surface area contributed by atoms with Crippen LogP contribution in [0.2, 0.25) is 0 Å². The van der Waals surface area contributed by atoms with Crippen LogP contribution in [0.5, 0.6) is 0 Å². The Kier molecular flexibility index (Phi) is 5.96. The summed E-state index contributed by atoms with van der Waals surface area (Å²) in [6, 6.07) is 13.3. The van der Waals surface area contributed by atoms with Crippen LogP contribution in [0.3, 0.4) is 0 Å². The molecule has 4 nitrogen and oxygen atoms in total. The van der Waals surface area contributed by atoms with E-state index in [0.29, 0.717) is 12.0 Å². The molecule has 2 unspecified atom stereocenters. The highest BCUT2D eigenvalue weighted by atomic mass is 19.4. The molecule has 2 aromatic carbocycles. The number of amides is 2. The first-order valence-electron chi connectivity index (χ1n) is 9.46. The minimum absolute atomic E-state index is 0.130.